The molecule has 7 N–H and O–H groups in total. The number of hydrogen-bond donors (Lipinski definition) is 7. The molecule has 2 aliphatic heterocycles. The third-order valence-corrected chi connectivity index (χ3v) is 4.77. The molecule has 2 fully saturated rings. The van der Waals surface area contributed by atoms with Crippen molar-refractivity contribution in [1.82, 2.24) is 0 Å². The number of aliphatic hydroxyl groups is 7. The lowest BCUT2D eigenvalue weighted by molar-refractivity contribution is -0.383. The first-order valence-electron chi connectivity index (χ1n) is 8.88. The highest BCUT2D eigenvalue weighted by Crippen LogP contribution is 2.36. The quantitative estimate of drug-likeness (QED) is 0.200. The van der Waals surface area contributed by atoms with E-state index >= 15 is 0 Å². The zero-order chi connectivity index (χ0) is 21.2. The summed E-state index contributed by atoms with van der Waals surface area (Å²) in [6.07, 6.45) is -12.7. The van der Waals surface area contributed by atoms with Gasteiger partial charge < -0.3 is 54.7 Å². The molecule has 28 heavy (non-hydrogen) atoms. The number of carbonyl (C=O) groups is 1. The molecule has 0 aliphatic carbocycles. The van der Waals surface area contributed by atoms with E-state index < -0.39 is 86.5 Å². The van der Waals surface area contributed by atoms with Crippen LogP contribution >= 0.6 is 0 Å². The minimum atomic E-state index is -2.26. The second-order valence-corrected chi connectivity index (χ2v) is 7.12. The molecular weight excluding hydrogens is 384 g/mol. The maximum absolute atomic E-state index is 11.8. The minimum absolute atomic E-state index is 0.533. The van der Waals surface area contributed by atoms with Gasteiger partial charge in [0.05, 0.1) is 19.1 Å². The second kappa shape index (κ2) is 9.26. The lowest BCUT2D eigenvalue weighted by Gasteiger charge is -2.44. The molecule has 164 valence electrons. The van der Waals surface area contributed by atoms with Crippen LogP contribution in [0.2, 0.25) is 0 Å². The van der Waals surface area contributed by atoms with Crippen molar-refractivity contribution < 1.29 is 59.5 Å². The topological polar surface area (TPSA) is 196 Å². The molecule has 0 saturated carbocycles. The van der Waals surface area contributed by atoms with Crippen LogP contribution in [-0.4, -0.2) is 116 Å². The molecule has 0 bridgehead atoms. The first-order chi connectivity index (χ1) is 13.1. The normalized spacial score (nSPS) is 44.1. The Labute approximate surface area is 160 Å². The van der Waals surface area contributed by atoms with Crippen LogP contribution in [0.3, 0.4) is 0 Å². The van der Waals surface area contributed by atoms with Crippen LogP contribution in [0, 0.1) is 5.92 Å². The van der Waals surface area contributed by atoms with Crippen LogP contribution in [0.15, 0.2) is 0 Å². The lowest BCUT2D eigenvalue weighted by Crippen LogP contribution is -2.63. The molecule has 12 heteroatoms. The van der Waals surface area contributed by atoms with E-state index in [1.807, 2.05) is 0 Å². The molecule has 2 rings (SSSR count). The van der Waals surface area contributed by atoms with Gasteiger partial charge in [-0.05, 0) is 0 Å². The Morgan fingerprint density at radius 1 is 1.00 bits per heavy atom. The van der Waals surface area contributed by atoms with E-state index in [1.54, 1.807) is 13.8 Å². The SMILES string of the molecule is CC(C)C(=O)O[C@H]1[C@H](O)[C@@H](O)[C@@H](O[C@]2(CO)O[C@H](CO)[C@@H](O)[C@@H]2O)O[C@@H]1CO. The molecule has 12 nitrogen and oxygen atoms in total. The third kappa shape index (κ3) is 4.31. The lowest BCUT2D eigenvalue weighted by atomic mass is 9.98. The van der Waals surface area contributed by atoms with Gasteiger partial charge in [0.2, 0.25) is 5.79 Å². The van der Waals surface area contributed by atoms with E-state index in [0.29, 0.717) is 0 Å². The van der Waals surface area contributed by atoms with E-state index in [4.69, 9.17) is 18.9 Å². The highest BCUT2D eigenvalue weighted by Gasteiger charge is 2.58. The van der Waals surface area contributed by atoms with Gasteiger partial charge in [0.15, 0.2) is 12.4 Å². The fraction of sp³-hybridized carbons (Fsp3) is 0.938. The van der Waals surface area contributed by atoms with Gasteiger partial charge in [-0.1, -0.05) is 13.8 Å². The molecule has 0 aromatic carbocycles. The first kappa shape index (κ1) is 23.3. The largest absolute Gasteiger partial charge is 0.456 e. The smallest absolute Gasteiger partial charge is 0.308 e. The zero-order valence-electron chi connectivity index (χ0n) is 15.5. The van der Waals surface area contributed by atoms with E-state index in [-0.39, 0.29) is 0 Å². The van der Waals surface area contributed by atoms with Crippen molar-refractivity contribution in [1.29, 1.82) is 0 Å². The summed E-state index contributed by atoms with van der Waals surface area (Å²) in [5.74, 6) is -3.48. The molecule has 2 heterocycles. The molecule has 2 aliphatic rings. The Morgan fingerprint density at radius 2 is 1.61 bits per heavy atom. The molecule has 0 unspecified atom stereocenters. The predicted molar refractivity (Wildman–Crippen MR) is 87.4 cm³/mol. The molecular formula is C16H28O12. The Balaban J connectivity index is 2.18. The highest BCUT2D eigenvalue weighted by atomic mass is 16.8. The van der Waals surface area contributed by atoms with Crippen LogP contribution in [-0.2, 0) is 23.7 Å². The van der Waals surface area contributed by atoms with Crippen molar-refractivity contribution in [3.05, 3.63) is 0 Å². The van der Waals surface area contributed by atoms with Crippen LogP contribution < -0.4 is 0 Å². The number of aliphatic hydroxyl groups excluding tert-OH is 7. The highest BCUT2D eigenvalue weighted by molar-refractivity contribution is 5.71. The van der Waals surface area contributed by atoms with Crippen molar-refractivity contribution in [2.45, 2.75) is 68.7 Å². The van der Waals surface area contributed by atoms with E-state index in [9.17, 15) is 40.5 Å². The van der Waals surface area contributed by atoms with Gasteiger partial charge in [-0.25, -0.2) is 0 Å². The number of ether oxygens (including phenoxy) is 4. The Hall–Kier alpha value is -0.930. The summed E-state index contributed by atoms with van der Waals surface area (Å²) in [5, 5.41) is 69.0. The summed E-state index contributed by atoms with van der Waals surface area (Å²) in [6.45, 7) is 0.729. The molecule has 0 spiro atoms. The second-order valence-electron chi connectivity index (χ2n) is 7.12. The first-order valence-corrected chi connectivity index (χ1v) is 8.88. The Bertz CT molecular complexity index is 528. The number of rotatable bonds is 7. The number of carbonyl (C=O) groups excluding carboxylic acids is 1. The monoisotopic (exact) mass is 412 g/mol. The summed E-state index contributed by atoms with van der Waals surface area (Å²) >= 11 is 0. The van der Waals surface area contributed by atoms with E-state index in [1.165, 1.54) is 0 Å². The zero-order valence-corrected chi connectivity index (χ0v) is 15.5. The van der Waals surface area contributed by atoms with Gasteiger partial charge in [0.25, 0.3) is 0 Å². The third-order valence-electron chi connectivity index (χ3n) is 4.77. The number of hydrogen-bond acceptors (Lipinski definition) is 12. The summed E-state index contributed by atoms with van der Waals surface area (Å²) in [4.78, 5) is 11.8. The van der Waals surface area contributed by atoms with Crippen LogP contribution in [0.1, 0.15) is 13.8 Å². The van der Waals surface area contributed by atoms with Gasteiger partial charge in [0, 0.05) is 0 Å². The van der Waals surface area contributed by atoms with Gasteiger partial charge in [0.1, 0.15) is 43.2 Å². The van der Waals surface area contributed by atoms with E-state index in [0.717, 1.165) is 0 Å². The predicted octanol–water partition coefficient (Wildman–Crippen LogP) is -4.19. The molecule has 0 radical (unpaired) electrons. The summed E-state index contributed by atoms with van der Waals surface area (Å²) in [6, 6.07) is 0. The molecule has 0 amide bonds. The summed E-state index contributed by atoms with van der Waals surface area (Å²) in [5.41, 5.74) is 0. The van der Waals surface area contributed by atoms with Crippen LogP contribution in [0.25, 0.3) is 0 Å². The van der Waals surface area contributed by atoms with Crippen molar-refractivity contribution in [3.8, 4) is 0 Å². The molecule has 0 aromatic rings. The maximum Gasteiger partial charge on any atom is 0.308 e. The minimum Gasteiger partial charge on any atom is -0.456 e. The van der Waals surface area contributed by atoms with Crippen LogP contribution in [0.5, 0.6) is 0 Å². The van der Waals surface area contributed by atoms with Gasteiger partial charge in [-0.3, -0.25) is 4.79 Å². The summed E-state index contributed by atoms with van der Waals surface area (Å²) < 4.78 is 21.0. The van der Waals surface area contributed by atoms with Crippen LogP contribution in [0.4, 0.5) is 0 Å². The van der Waals surface area contributed by atoms with Gasteiger partial charge >= 0.3 is 5.97 Å². The number of esters is 1. The standard InChI is InChI=1S/C16H28O12/c1-6(2)14(24)26-12-8(4-18)25-15(11(22)10(12)21)28-16(5-19)13(23)9(20)7(3-17)27-16/h6-13,15,17-23H,3-5H2,1-2H3/t7-,8-,9-,10-,11-,12-,13+,15-,16+/m1/s1. The average Bonchev–Trinajstić information content (AvgIpc) is 2.92. The molecule has 9 atom stereocenters. The molecule has 0 aromatic heterocycles. The molecule has 2 saturated heterocycles. The van der Waals surface area contributed by atoms with Crippen molar-refractivity contribution in [2.75, 3.05) is 19.8 Å². The maximum atomic E-state index is 11.8. The van der Waals surface area contributed by atoms with Gasteiger partial charge in [-0.15, -0.1) is 0 Å². The van der Waals surface area contributed by atoms with Crippen molar-refractivity contribution in [2.24, 2.45) is 5.92 Å². The Morgan fingerprint density at radius 3 is 2.07 bits per heavy atom. The van der Waals surface area contributed by atoms with Crippen molar-refractivity contribution >= 4 is 5.97 Å². The fourth-order valence-electron chi connectivity index (χ4n) is 3.03. The van der Waals surface area contributed by atoms with E-state index in [2.05, 4.69) is 0 Å². The van der Waals surface area contributed by atoms with Gasteiger partial charge in [-0.2, -0.15) is 0 Å². The fourth-order valence-corrected chi connectivity index (χ4v) is 3.03. The summed E-state index contributed by atoms with van der Waals surface area (Å²) in [7, 11) is 0. The Kier molecular flexibility index (Phi) is 7.72. The van der Waals surface area contributed by atoms with Crippen molar-refractivity contribution in [3.63, 3.8) is 0 Å². The average molecular weight is 412 g/mol.